The number of carbonyl (C=O) groups excluding carboxylic acids is 4. The molecule has 3 aromatic rings. The second-order valence-corrected chi connectivity index (χ2v) is 14.2. The first-order valence-corrected chi connectivity index (χ1v) is 16.6. The van der Waals surface area contributed by atoms with Crippen molar-refractivity contribution in [3.63, 3.8) is 0 Å². The Morgan fingerprint density at radius 2 is 1.45 bits per heavy atom. The van der Waals surface area contributed by atoms with Crippen LogP contribution < -0.4 is 14.5 Å². The van der Waals surface area contributed by atoms with Crippen molar-refractivity contribution in [1.29, 1.82) is 0 Å². The molecule has 266 valence electrons. The molecule has 4 aliphatic rings. The molecule has 0 bridgehead atoms. The van der Waals surface area contributed by atoms with Gasteiger partial charge in [0.2, 0.25) is 23.6 Å². The molecule has 1 saturated carbocycles. The van der Waals surface area contributed by atoms with Gasteiger partial charge in [-0.2, -0.15) is 26.3 Å². The van der Waals surface area contributed by atoms with E-state index in [0.29, 0.717) is 33.9 Å². The van der Waals surface area contributed by atoms with Gasteiger partial charge < -0.3 is 9.84 Å². The molecule has 0 aromatic heterocycles. The molecule has 2 aliphatic heterocycles. The van der Waals surface area contributed by atoms with Crippen LogP contribution in [-0.4, -0.2) is 35.8 Å². The van der Waals surface area contributed by atoms with Gasteiger partial charge in [-0.3, -0.25) is 19.2 Å². The fourth-order valence-corrected chi connectivity index (χ4v) is 8.92. The van der Waals surface area contributed by atoms with Crippen LogP contribution in [0.2, 0.25) is 0 Å². The Labute approximate surface area is 294 Å². The number of phenols is 1. The number of amides is 4. The number of hydrogen-bond acceptors (Lipinski definition) is 6. The van der Waals surface area contributed by atoms with E-state index >= 15 is 0 Å². The molecular formula is C36H27BrF6N2O6. The van der Waals surface area contributed by atoms with Crippen molar-refractivity contribution in [1.82, 2.24) is 0 Å². The van der Waals surface area contributed by atoms with E-state index in [1.807, 2.05) is 0 Å². The number of alkyl halides is 6. The van der Waals surface area contributed by atoms with Gasteiger partial charge in [-0.05, 0) is 89.6 Å². The lowest BCUT2D eigenvalue weighted by molar-refractivity contribution is -0.143. The Morgan fingerprint density at radius 1 is 0.824 bits per heavy atom. The summed E-state index contributed by atoms with van der Waals surface area (Å²) in [5, 5.41) is 10.6. The number of hydrogen-bond donors (Lipinski definition) is 1. The Kier molecular flexibility index (Phi) is 7.97. The maximum atomic E-state index is 14.5. The summed E-state index contributed by atoms with van der Waals surface area (Å²) in [4.78, 5) is 58.4. The number of methoxy groups -OCH3 is 1. The second-order valence-electron chi connectivity index (χ2n) is 13.3. The normalized spacial score (nSPS) is 27.7. The molecule has 15 heteroatoms. The molecule has 0 radical (unpaired) electrons. The second kappa shape index (κ2) is 11.7. The minimum absolute atomic E-state index is 0.0379. The van der Waals surface area contributed by atoms with E-state index in [9.17, 15) is 50.6 Å². The monoisotopic (exact) mass is 776 g/mol. The zero-order valence-corrected chi connectivity index (χ0v) is 28.3. The molecular weight excluding hydrogens is 750 g/mol. The number of anilines is 2. The lowest BCUT2D eigenvalue weighted by atomic mass is 9.51. The van der Waals surface area contributed by atoms with Crippen LogP contribution in [0.25, 0.3) is 0 Å². The van der Waals surface area contributed by atoms with Gasteiger partial charge >= 0.3 is 12.4 Å². The van der Waals surface area contributed by atoms with Crippen molar-refractivity contribution >= 4 is 50.9 Å². The van der Waals surface area contributed by atoms with Crippen molar-refractivity contribution in [2.24, 2.45) is 29.1 Å². The van der Waals surface area contributed by atoms with Gasteiger partial charge in [-0.1, -0.05) is 29.8 Å². The molecule has 2 heterocycles. The first kappa shape index (κ1) is 34.8. The molecule has 3 aromatic carbocycles. The number of benzene rings is 3. The van der Waals surface area contributed by atoms with Gasteiger partial charge in [0, 0.05) is 5.92 Å². The lowest BCUT2D eigenvalue weighted by Gasteiger charge is -2.49. The Hall–Kier alpha value is -4.66. The number of carbonyl (C=O) groups is 4. The largest absolute Gasteiger partial charge is 0.503 e. The maximum Gasteiger partial charge on any atom is 0.416 e. The number of ether oxygens (including phenoxy) is 1. The molecule has 51 heavy (non-hydrogen) atoms. The third kappa shape index (κ3) is 5.17. The number of allylic oxidation sites excluding steroid dienone is 2. The van der Waals surface area contributed by atoms with Crippen LogP contribution >= 0.6 is 15.9 Å². The third-order valence-electron chi connectivity index (χ3n) is 10.7. The van der Waals surface area contributed by atoms with Gasteiger partial charge in [-0.15, -0.1) is 0 Å². The highest BCUT2D eigenvalue weighted by molar-refractivity contribution is 9.10. The van der Waals surface area contributed by atoms with Crippen molar-refractivity contribution in [2.75, 3.05) is 16.9 Å². The summed E-state index contributed by atoms with van der Waals surface area (Å²) in [5.74, 6) is -8.57. The number of halogens is 7. The van der Waals surface area contributed by atoms with E-state index in [1.165, 1.54) is 13.2 Å². The van der Waals surface area contributed by atoms with Gasteiger partial charge in [0.15, 0.2) is 11.5 Å². The summed E-state index contributed by atoms with van der Waals surface area (Å²) in [5.41, 5.74) is -4.45. The Morgan fingerprint density at radius 3 is 2.04 bits per heavy atom. The number of rotatable bonds is 4. The predicted octanol–water partition coefficient (Wildman–Crippen LogP) is 7.64. The minimum atomic E-state index is -5.22. The standard InChI is InChI=1S/C36H27BrF6N2O6/c1-34-24(31(48)45(33(34)50)19-6-4-3-5-7-19)15-23-21(28(34)16-10-25(37)29(46)26(11-16)51-2)8-9-22-27(23)32(49)44(30(22)47)20-13-17(35(38,39)40)12-18(14-20)36(41,42)43/h3-8,10-14,22-24,27-28,46H,9,15H2,1-2H3/t22-,23+,24-,27-,28-,34+/m0/s1. The number of phenolic OH excluding ortho intramolecular Hbond substituents is 1. The van der Waals surface area contributed by atoms with Crippen LogP contribution in [-0.2, 0) is 31.5 Å². The van der Waals surface area contributed by atoms with E-state index in [4.69, 9.17) is 4.74 Å². The third-order valence-corrected chi connectivity index (χ3v) is 11.3. The maximum absolute atomic E-state index is 14.5. The molecule has 7 rings (SSSR count). The molecule has 1 N–H and O–H groups in total. The van der Waals surface area contributed by atoms with Crippen molar-refractivity contribution in [3.05, 3.63) is 93.5 Å². The number of imide groups is 2. The number of para-hydroxylation sites is 1. The molecule has 2 aliphatic carbocycles. The first-order valence-electron chi connectivity index (χ1n) is 15.8. The molecule has 6 atom stereocenters. The molecule has 0 unspecified atom stereocenters. The van der Waals surface area contributed by atoms with Crippen LogP contribution in [0.5, 0.6) is 11.5 Å². The molecule has 0 spiro atoms. The van der Waals surface area contributed by atoms with Crippen molar-refractivity contribution in [2.45, 2.75) is 38.0 Å². The summed E-state index contributed by atoms with van der Waals surface area (Å²) in [6.45, 7) is 1.64. The van der Waals surface area contributed by atoms with Crippen LogP contribution in [0.4, 0.5) is 37.7 Å². The van der Waals surface area contributed by atoms with Gasteiger partial charge in [-0.25, -0.2) is 9.80 Å². The average Bonchev–Trinajstić information content (AvgIpc) is 3.44. The molecule has 4 amide bonds. The fraction of sp³-hybridized carbons (Fsp3) is 0.333. The summed E-state index contributed by atoms with van der Waals surface area (Å²) >= 11 is 3.32. The van der Waals surface area contributed by atoms with Crippen molar-refractivity contribution in [3.8, 4) is 11.5 Å². The number of aromatic hydroxyl groups is 1. The topological polar surface area (TPSA) is 104 Å². The molecule has 3 fully saturated rings. The number of nitrogens with zero attached hydrogens (tertiary/aromatic N) is 2. The van der Waals surface area contributed by atoms with Crippen molar-refractivity contribution < 1.29 is 55.4 Å². The SMILES string of the molecule is COc1cc([C@H]2C3=CC[C@@H]4C(=O)N(c5cc(C(F)(F)F)cc(C(F)(F)F)c5)C(=O)[C@@H]4[C@@H]3C[C@H]3C(=O)N(c4ccccc4)C(=O)[C@@]23C)cc(Br)c1O. The fourth-order valence-electron chi connectivity index (χ4n) is 8.46. The smallest absolute Gasteiger partial charge is 0.416 e. The van der Waals surface area contributed by atoms with E-state index in [-0.39, 0.29) is 34.9 Å². The molecule has 2 saturated heterocycles. The zero-order valence-electron chi connectivity index (χ0n) is 26.7. The highest BCUT2D eigenvalue weighted by Crippen LogP contribution is 2.64. The first-order chi connectivity index (χ1) is 23.9. The molecule has 8 nitrogen and oxygen atoms in total. The van der Waals surface area contributed by atoms with Crippen LogP contribution in [0.1, 0.15) is 42.4 Å². The van der Waals surface area contributed by atoms with Crippen LogP contribution in [0.15, 0.2) is 76.8 Å². The van der Waals surface area contributed by atoms with E-state index in [1.54, 1.807) is 49.4 Å². The zero-order chi connectivity index (χ0) is 36.9. The van der Waals surface area contributed by atoms with Gasteiger partial charge in [0.1, 0.15) is 0 Å². The summed E-state index contributed by atoms with van der Waals surface area (Å²) < 4.78 is 88.2. The summed E-state index contributed by atoms with van der Waals surface area (Å²) in [6.07, 6.45) is -8.97. The summed E-state index contributed by atoms with van der Waals surface area (Å²) in [6, 6.07) is 11.9. The van der Waals surface area contributed by atoms with Crippen LogP contribution in [0, 0.1) is 29.1 Å². The van der Waals surface area contributed by atoms with Gasteiger partial charge in [0.05, 0.1) is 57.3 Å². The van der Waals surface area contributed by atoms with E-state index < -0.39 is 87.8 Å². The minimum Gasteiger partial charge on any atom is -0.503 e. The Bertz CT molecular complexity index is 2020. The quantitative estimate of drug-likeness (QED) is 0.166. The van der Waals surface area contributed by atoms with Crippen LogP contribution in [0.3, 0.4) is 0 Å². The predicted molar refractivity (Wildman–Crippen MR) is 172 cm³/mol. The average molecular weight is 778 g/mol. The highest BCUT2D eigenvalue weighted by Gasteiger charge is 2.67. The lowest BCUT2D eigenvalue weighted by Crippen LogP contribution is -2.48. The summed E-state index contributed by atoms with van der Waals surface area (Å²) in [7, 11) is 1.32. The Balaban J connectivity index is 1.38. The van der Waals surface area contributed by atoms with E-state index in [0.717, 1.165) is 4.90 Å². The van der Waals surface area contributed by atoms with Gasteiger partial charge in [0.25, 0.3) is 0 Å². The number of fused-ring (bicyclic) bond motifs is 4. The highest BCUT2D eigenvalue weighted by atomic mass is 79.9. The van der Waals surface area contributed by atoms with E-state index in [2.05, 4.69) is 15.9 Å².